The van der Waals surface area contributed by atoms with Gasteiger partial charge in [0.25, 0.3) is 0 Å². The number of nitrogens with zero attached hydrogens (tertiary/aromatic N) is 3. The summed E-state index contributed by atoms with van der Waals surface area (Å²) in [5.74, 6) is -1.84. The molecule has 3 aromatic rings. The minimum atomic E-state index is -5.01. The molecule has 0 spiro atoms. The van der Waals surface area contributed by atoms with E-state index in [0.717, 1.165) is 28.8 Å². The van der Waals surface area contributed by atoms with Crippen molar-refractivity contribution >= 4 is 11.2 Å². The second-order valence-electron chi connectivity index (χ2n) is 5.19. The number of alkyl halides is 6. The monoisotopic (exact) mass is 379 g/mol. The quantitative estimate of drug-likeness (QED) is 0.602. The largest absolute Gasteiger partial charge is 0.573 e. The predicted octanol–water partition coefficient (Wildman–Crippen LogP) is 4.79. The van der Waals surface area contributed by atoms with Gasteiger partial charge in [0.1, 0.15) is 22.8 Å². The molecule has 0 saturated carbocycles. The Morgan fingerprint density at radius 3 is 2.23 bits per heavy atom. The normalized spacial score (nSPS) is 12.6. The summed E-state index contributed by atoms with van der Waals surface area (Å²) in [7, 11) is 0. The molecule has 0 fully saturated rings. The molecule has 138 valence electrons. The molecule has 0 N–H and O–H groups in total. The fourth-order valence-electron chi connectivity index (χ4n) is 2.38. The van der Waals surface area contributed by atoms with Crippen LogP contribution in [0.1, 0.15) is 11.5 Å². The molecule has 0 bridgehead atoms. The van der Waals surface area contributed by atoms with Gasteiger partial charge in [-0.3, -0.25) is 4.57 Å². The standard InChI is InChI=1S/C15H8F7N3O/c1-7-23-10-3-5-12(14(17,18)19)24-13(10)25(7)11-4-2-8(6-9(11)16)26-15(20,21)22/h2-6H,1H3. The third kappa shape index (κ3) is 3.41. The van der Waals surface area contributed by atoms with Gasteiger partial charge < -0.3 is 4.74 Å². The first-order valence-corrected chi connectivity index (χ1v) is 6.95. The van der Waals surface area contributed by atoms with E-state index in [1.807, 2.05) is 0 Å². The van der Waals surface area contributed by atoms with Crippen molar-refractivity contribution in [3.05, 3.63) is 47.7 Å². The van der Waals surface area contributed by atoms with E-state index in [4.69, 9.17) is 0 Å². The topological polar surface area (TPSA) is 39.9 Å². The first-order chi connectivity index (χ1) is 12.0. The number of pyridine rings is 1. The maximum absolute atomic E-state index is 14.3. The molecule has 3 rings (SSSR count). The Kier molecular flexibility index (Phi) is 4.04. The van der Waals surface area contributed by atoms with E-state index < -0.39 is 29.8 Å². The number of benzene rings is 1. The molecule has 0 aliphatic carbocycles. The van der Waals surface area contributed by atoms with Gasteiger partial charge in [0, 0.05) is 6.07 Å². The first-order valence-electron chi connectivity index (χ1n) is 6.95. The van der Waals surface area contributed by atoms with Gasteiger partial charge in [-0.2, -0.15) is 13.2 Å². The number of hydrogen-bond acceptors (Lipinski definition) is 3. The van der Waals surface area contributed by atoms with E-state index in [1.54, 1.807) is 0 Å². The lowest BCUT2D eigenvalue weighted by Gasteiger charge is -2.12. The lowest BCUT2D eigenvalue weighted by Crippen LogP contribution is -2.17. The van der Waals surface area contributed by atoms with E-state index in [0.29, 0.717) is 6.07 Å². The Balaban J connectivity index is 2.14. The average molecular weight is 379 g/mol. The van der Waals surface area contributed by atoms with Crippen molar-refractivity contribution in [2.24, 2.45) is 0 Å². The molecule has 1 aromatic carbocycles. The van der Waals surface area contributed by atoms with Crippen LogP contribution < -0.4 is 4.74 Å². The van der Waals surface area contributed by atoms with Crippen molar-refractivity contribution in [2.75, 3.05) is 0 Å². The molecule has 0 atom stereocenters. The Bertz CT molecular complexity index is 976. The Morgan fingerprint density at radius 2 is 1.65 bits per heavy atom. The fraction of sp³-hybridized carbons (Fsp3) is 0.200. The molecule has 4 nitrogen and oxygen atoms in total. The summed E-state index contributed by atoms with van der Waals surface area (Å²) in [6, 6.07) is 4.06. The number of aryl methyl sites for hydroxylation is 1. The molecular weight excluding hydrogens is 371 g/mol. The number of ether oxygens (including phenoxy) is 1. The Labute approximate surface area is 140 Å². The fourth-order valence-corrected chi connectivity index (χ4v) is 2.38. The van der Waals surface area contributed by atoms with Gasteiger partial charge in [-0.05, 0) is 31.2 Å². The van der Waals surface area contributed by atoms with Gasteiger partial charge in [0.05, 0.1) is 5.69 Å². The summed E-state index contributed by atoms with van der Waals surface area (Å²) in [4.78, 5) is 7.45. The lowest BCUT2D eigenvalue weighted by molar-refractivity contribution is -0.274. The highest BCUT2D eigenvalue weighted by Crippen LogP contribution is 2.31. The summed E-state index contributed by atoms with van der Waals surface area (Å²) in [6.45, 7) is 1.40. The molecule has 0 aliphatic heterocycles. The highest BCUT2D eigenvalue weighted by atomic mass is 19.4. The van der Waals surface area contributed by atoms with Crippen LogP contribution in [0.4, 0.5) is 30.7 Å². The summed E-state index contributed by atoms with van der Waals surface area (Å²) in [6.07, 6.45) is -9.73. The second kappa shape index (κ2) is 5.85. The number of fused-ring (bicyclic) bond motifs is 1. The number of imidazole rings is 1. The number of halogens is 7. The Morgan fingerprint density at radius 1 is 0.962 bits per heavy atom. The van der Waals surface area contributed by atoms with Crippen molar-refractivity contribution in [2.45, 2.75) is 19.5 Å². The molecule has 0 aliphatic rings. The van der Waals surface area contributed by atoms with Crippen LogP contribution in [-0.2, 0) is 6.18 Å². The van der Waals surface area contributed by atoms with Gasteiger partial charge in [0.15, 0.2) is 11.5 Å². The molecule has 26 heavy (non-hydrogen) atoms. The van der Waals surface area contributed by atoms with E-state index in [9.17, 15) is 30.7 Å². The molecule has 0 saturated heterocycles. The molecule has 0 unspecified atom stereocenters. The van der Waals surface area contributed by atoms with Crippen LogP contribution in [-0.4, -0.2) is 20.9 Å². The van der Waals surface area contributed by atoms with Gasteiger partial charge in [0.2, 0.25) is 0 Å². The summed E-state index contributed by atoms with van der Waals surface area (Å²) >= 11 is 0. The minimum Gasteiger partial charge on any atom is -0.406 e. The highest BCUT2D eigenvalue weighted by molar-refractivity contribution is 5.74. The van der Waals surface area contributed by atoms with E-state index in [1.165, 1.54) is 6.92 Å². The van der Waals surface area contributed by atoms with E-state index in [2.05, 4.69) is 14.7 Å². The van der Waals surface area contributed by atoms with Crippen LogP contribution in [0.15, 0.2) is 30.3 Å². The molecule has 2 heterocycles. The molecule has 0 radical (unpaired) electrons. The van der Waals surface area contributed by atoms with Crippen molar-refractivity contribution < 1.29 is 35.5 Å². The smallest absolute Gasteiger partial charge is 0.406 e. The molecular formula is C15H8F7N3O. The van der Waals surface area contributed by atoms with Gasteiger partial charge in [-0.25, -0.2) is 14.4 Å². The van der Waals surface area contributed by atoms with Crippen molar-refractivity contribution in [1.29, 1.82) is 0 Å². The van der Waals surface area contributed by atoms with Crippen LogP contribution in [0.5, 0.6) is 5.75 Å². The third-order valence-electron chi connectivity index (χ3n) is 3.36. The predicted molar refractivity (Wildman–Crippen MR) is 75.2 cm³/mol. The first kappa shape index (κ1) is 18.0. The third-order valence-corrected chi connectivity index (χ3v) is 3.36. The highest BCUT2D eigenvalue weighted by Gasteiger charge is 2.34. The SMILES string of the molecule is Cc1nc2ccc(C(F)(F)F)nc2n1-c1ccc(OC(F)(F)F)cc1F. The van der Waals surface area contributed by atoms with Crippen molar-refractivity contribution in [3.63, 3.8) is 0 Å². The number of rotatable bonds is 2. The van der Waals surface area contributed by atoms with Crippen LogP contribution in [0.25, 0.3) is 16.9 Å². The minimum absolute atomic E-state index is 0.0746. The maximum Gasteiger partial charge on any atom is 0.573 e. The van der Waals surface area contributed by atoms with E-state index in [-0.39, 0.29) is 22.7 Å². The van der Waals surface area contributed by atoms with Crippen LogP contribution in [0.2, 0.25) is 0 Å². The average Bonchev–Trinajstić information content (AvgIpc) is 2.80. The summed E-state index contributed by atoms with van der Waals surface area (Å²) in [5.41, 5.74) is -1.72. The molecule has 0 amide bonds. The van der Waals surface area contributed by atoms with Crippen LogP contribution in [0, 0.1) is 12.7 Å². The molecule has 11 heteroatoms. The zero-order valence-electron chi connectivity index (χ0n) is 12.8. The van der Waals surface area contributed by atoms with Crippen LogP contribution in [0.3, 0.4) is 0 Å². The summed E-state index contributed by atoms with van der Waals surface area (Å²) in [5, 5.41) is 0. The number of hydrogen-bond donors (Lipinski definition) is 0. The van der Waals surface area contributed by atoms with Crippen molar-refractivity contribution in [3.8, 4) is 11.4 Å². The summed E-state index contributed by atoms with van der Waals surface area (Å²) < 4.78 is 94.0. The Hall–Kier alpha value is -2.85. The molecule has 2 aromatic heterocycles. The second-order valence-corrected chi connectivity index (χ2v) is 5.19. The van der Waals surface area contributed by atoms with Crippen molar-refractivity contribution in [1.82, 2.24) is 14.5 Å². The maximum atomic E-state index is 14.3. The van der Waals surface area contributed by atoms with E-state index >= 15 is 0 Å². The zero-order valence-corrected chi connectivity index (χ0v) is 12.8. The zero-order chi connectivity index (χ0) is 19.3. The van der Waals surface area contributed by atoms with Gasteiger partial charge in [-0.1, -0.05) is 0 Å². The van der Waals surface area contributed by atoms with Gasteiger partial charge >= 0.3 is 12.5 Å². The van der Waals surface area contributed by atoms with Crippen LogP contribution >= 0.6 is 0 Å². The number of aromatic nitrogens is 3. The lowest BCUT2D eigenvalue weighted by atomic mass is 10.2. The van der Waals surface area contributed by atoms with Gasteiger partial charge in [-0.15, -0.1) is 13.2 Å².